The topological polar surface area (TPSA) is 68.0 Å². The largest absolute Gasteiger partial charge is 0.416 e. The van der Waals surface area contributed by atoms with Crippen LogP contribution in [-0.2, 0) is 6.18 Å². The van der Waals surface area contributed by atoms with Crippen molar-refractivity contribution in [1.29, 1.82) is 0 Å². The van der Waals surface area contributed by atoms with Crippen molar-refractivity contribution >= 4 is 17.3 Å². The molecule has 3 N–H and O–H groups in total. The molecule has 0 saturated heterocycles. The van der Waals surface area contributed by atoms with Crippen LogP contribution in [0.15, 0.2) is 36.5 Å². The van der Waals surface area contributed by atoms with Crippen LogP contribution in [0, 0.1) is 6.92 Å². The lowest BCUT2D eigenvalue weighted by Gasteiger charge is -2.10. The van der Waals surface area contributed by atoms with Gasteiger partial charge in [-0.25, -0.2) is 0 Å². The fraction of sp³-hybridized carbons (Fsp3) is 0.143. The van der Waals surface area contributed by atoms with Crippen molar-refractivity contribution in [2.45, 2.75) is 13.1 Å². The maximum absolute atomic E-state index is 12.4. The maximum atomic E-state index is 12.4. The third kappa shape index (κ3) is 3.50. The minimum Gasteiger partial charge on any atom is -0.398 e. The van der Waals surface area contributed by atoms with E-state index in [0.717, 1.165) is 12.1 Å². The highest BCUT2D eigenvalue weighted by molar-refractivity contribution is 6.07. The molecule has 2 rings (SSSR count). The van der Waals surface area contributed by atoms with Gasteiger partial charge < -0.3 is 11.1 Å². The Balaban J connectivity index is 2.16. The molecule has 1 aromatic heterocycles. The number of carbonyl (C=O) groups excluding carboxylic acids is 1. The first-order valence-corrected chi connectivity index (χ1v) is 5.98. The van der Waals surface area contributed by atoms with E-state index in [0.29, 0.717) is 5.69 Å². The van der Waals surface area contributed by atoms with Crippen LogP contribution in [-0.4, -0.2) is 10.9 Å². The second-order valence-corrected chi connectivity index (χ2v) is 4.44. The summed E-state index contributed by atoms with van der Waals surface area (Å²) in [5.74, 6) is -0.528. The third-order valence-corrected chi connectivity index (χ3v) is 2.79. The number of nitrogens with two attached hydrogens (primary N) is 1. The van der Waals surface area contributed by atoms with Gasteiger partial charge in [0.1, 0.15) is 0 Å². The average Bonchev–Trinajstić information content (AvgIpc) is 2.38. The van der Waals surface area contributed by atoms with E-state index in [1.54, 1.807) is 13.0 Å². The number of benzene rings is 1. The van der Waals surface area contributed by atoms with Gasteiger partial charge in [0.2, 0.25) is 0 Å². The summed E-state index contributed by atoms with van der Waals surface area (Å²) in [6, 6.07) is 5.69. The molecule has 1 amide bonds. The highest BCUT2D eigenvalue weighted by Gasteiger charge is 2.30. The van der Waals surface area contributed by atoms with E-state index in [4.69, 9.17) is 5.73 Å². The van der Waals surface area contributed by atoms with Gasteiger partial charge in [-0.15, -0.1) is 0 Å². The zero-order chi connectivity index (χ0) is 15.6. The van der Waals surface area contributed by atoms with Crippen LogP contribution in [0.4, 0.5) is 24.5 Å². The standard InChI is InChI=1S/C14H12F3N3O/c1-8-6-12(18)11(7-19-8)13(21)20-10-4-2-9(3-5-10)14(15,16)17/h2-7H,1H3,(H2,18,19)(H,20,21). The number of anilines is 2. The number of halogens is 3. The lowest BCUT2D eigenvalue weighted by molar-refractivity contribution is -0.137. The summed E-state index contributed by atoms with van der Waals surface area (Å²) in [5.41, 5.74) is 6.26. The lowest BCUT2D eigenvalue weighted by Crippen LogP contribution is -2.15. The van der Waals surface area contributed by atoms with E-state index in [9.17, 15) is 18.0 Å². The molecule has 0 aliphatic rings. The first kappa shape index (κ1) is 14.8. The van der Waals surface area contributed by atoms with E-state index in [2.05, 4.69) is 10.3 Å². The summed E-state index contributed by atoms with van der Waals surface area (Å²) in [4.78, 5) is 15.9. The molecule has 0 saturated carbocycles. The quantitative estimate of drug-likeness (QED) is 0.893. The van der Waals surface area contributed by atoms with Gasteiger partial charge in [-0.1, -0.05) is 0 Å². The van der Waals surface area contributed by atoms with E-state index >= 15 is 0 Å². The number of hydrogen-bond acceptors (Lipinski definition) is 3. The van der Waals surface area contributed by atoms with Crippen molar-refractivity contribution in [3.63, 3.8) is 0 Å². The zero-order valence-corrected chi connectivity index (χ0v) is 11.0. The number of carbonyl (C=O) groups is 1. The predicted octanol–water partition coefficient (Wildman–Crippen LogP) is 3.24. The van der Waals surface area contributed by atoms with E-state index in [1.165, 1.54) is 18.3 Å². The highest BCUT2D eigenvalue weighted by atomic mass is 19.4. The smallest absolute Gasteiger partial charge is 0.398 e. The molecule has 0 aliphatic heterocycles. The summed E-state index contributed by atoms with van der Waals surface area (Å²) < 4.78 is 37.3. The van der Waals surface area contributed by atoms with Crippen molar-refractivity contribution in [2.24, 2.45) is 0 Å². The number of amides is 1. The average molecular weight is 295 g/mol. The molecule has 7 heteroatoms. The van der Waals surface area contributed by atoms with Crippen LogP contribution in [0.25, 0.3) is 0 Å². The number of aromatic nitrogens is 1. The molecule has 21 heavy (non-hydrogen) atoms. The first-order valence-electron chi connectivity index (χ1n) is 5.98. The lowest BCUT2D eigenvalue weighted by atomic mass is 10.1. The van der Waals surface area contributed by atoms with Crippen molar-refractivity contribution in [3.05, 3.63) is 53.3 Å². The molecule has 0 spiro atoms. The van der Waals surface area contributed by atoms with Gasteiger partial charge in [0.05, 0.1) is 11.1 Å². The summed E-state index contributed by atoms with van der Waals surface area (Å²) in [6.45, 7) is 1.73. The predicted molar refractivity (Wildman–Crippen MR) is 72.8 cm³/mol. The van der Waals surface area contributed by atoms with Gasteiger partial charge in [0.25, 0.3) is 5.91 Å². The molecule has 0 radical (unpaired) electrons. The number of alkyl halides is 3. The molecule has 0 unspecified atom stereocenters. The fourth-order valence-corrected chi connectivity index (χ4v) is 1.71. The Labute approximate surface area is 118 Å². The van der Waals surface area contributed by atoms with Gasteiger partial charge in [-0.05, 0) is 37.3 Å². The molecule has 2 aromatic rings. The molecule has 0 fully saturated rings. The number of nitrogen functional groups attached to an aromatic ring is 1. The molecule has 4 nitrogen and oxygen atoms in total. The Bertz CT molecular complexity index is 666. The molecule has 0 aliphatic carbocycles. The number of nitrogens with zero attached hydrogens (tertiary/aromatic N) is 1. The van der Waals surface area contributed by atoms with Crippen molar-refractivity contribution in [2.75, 3.05) is 11.1 Å². The maximum Gasteiger partial charge on any atom is 0.416 e. The minimum absolute atomic E-state index is 0.167. The Morgan fingerprint density at radius 3 is 2.38 bits per heavy atom. The van der Waals surface area contributed by atoms with E-state index in [1.807, 2.05) is 0 Å². The number of nitrogens with one attached hydrogen (secondary N) is 1. The van der Waals surface area contributed by atoms with Gasteiger partial charge in [-0.3, -0.25) is 9.78 Å². The highest BCUT2D eigenvalue weighted by Crippen LogP contribution is 2.29. The van der Waals surface area contributed by atoms with Crippen molar-refractivity contribution < 1.29 is 18.0 Å². The van der Waals surface area contributed by atoms with Gasteiger partial charge in [0, 0.05) is 23.3 Å². The van der Waals surface area contributed by atoms with Gasteiger partial charge >= 0.3 is 6.18 Å². The van der Waals surface area contributed by atoms with E-state index < -0.39 is 17.6 Å². The Morgan fingerprint density at radius 1 is 1.24 bits per heavy atom. The second kappa shape index (κ2) is 5.43. The summed E-state index contributed by atoms with van der Waals surface area (Å²) in [7, 11) is 0. The van der Waals surface area contributed by atoms with Crippen molar-refractivity contribution in [3.8, 4) is 0 Å². The van der Waals surface area contributed by atoms with Crippen molar-refractivity contribution in [1.82, 2.24) is 4.98 Å². The van der Waals surface area contributed by atoms with E-state index in [-0.39, 0.29) is 16.9 Å². The Hall–Kier alpha value is -2.57. The zero-order valence-electron chi connectivity index (χ0n) is 11.0. The molecular formula is C14H12F3N3O. The molecule has 0 atom stereocenters. The third-order valence-electron chi connectivity index (χ3n) is 2.79. The number of pyridine rings is 1. The summed E-state index contributed by atoms with van der Waals surface area (Å²) in [5, 5.41) is 2.47. The van der Waals surface area contributed by atoms with Gasteiger partial charge in [0.15, 0.2) is 0 Å². The number of hydrogen-bond donors (Lipinski definition) is 2. The molecule has 1 heterocycles. The SMILES string of the molecule is Cc1cc(N)c(C(=O)Nc2ccc(C(F)(F)F)cc2)cn1. The second-order valence-electron chi connectivity index (χ2n) is 4.44. The molecule has 110 valence electrons. The number of rotatable bonds is 2. The first-order chi connectivity index (χ1) is 9.77. The fourth-order valence-electron chi connectivity index (χ4n) is 1.71. The molecule has 0 bridgehead atoms. The van der Waals surface area contributed by atoms with Crippen LogP contribution in [0.2, 0.25) is 0 Å². The number of aryl methyl sites for hydroxylation is 1. The minimum atomic E-state index is -4.41. The monoisotopic (exact) mass is 295 g/mol. The van der Waals surface area contributed by atoms with Crippen LogP contribution in [0.3, 0.4) is 0 Å². The van der Waals surface area contributed by atoms with Crippen LogP contribution in [0.5, 0.6) is 0 Å². The molecular weight excluding hydrogens is 283 g/mol. The summed E-state index contributed by atoms with van der Waals surface area (Å²) in [6.07, 6.45) is -3.09. The van der Waals surface area contributed by atoms with Crippen LogP contribution in [0.1, 0.15) is 21.6 Å². The normalized spacial score (nSPS) is 11.2. The van der Waals surface area contributed by atoms with Gasteiger partial charge in [-0.2, -0.15) is 13.2 Å². The van der Waals surface area contributed by atoms with Crippen LogP contribution < -0.4 is 11.1 Å². The molecule has 1 aromatic carbocycles. The Morgan fingerprint density at radius 2 is 1.86 bits per heavy atom. The Kier molecular flexibility index (Phi) is 3.84. The summed E-state index contributed by atoms with van der Waals surface area (Å²) >= 11 is 0. The van der Waals surface area contributed by atoms with Crippen LogP contribution >= 0.6 is 0 Å².